The van der Waals surface area contributed by atoms with Crippen molar-refractivity contribution in [2.75, 3.05) is 118 Å². The molecule has 0 aliphatic rings. The first-order chi connectivity index (χ1) is 39.5. The fourth-order valence-electron chi connectivity index (χ4n) is 7.93. The van der Waals surface area contributed by atoms with E-state index in [0.717, 1.165) is 35.0 Å². The molecule has 29 nitrogen and oxygen atoms in total. The number of hydrogen-bond acceptors (Lipinski definition) is 20. The number of H-pyrrole nitrogens is 1. The summed E-state index contributed by atoms with van der Waals surface area (Å²) in [7, 11) is 1.47. The van der Waals surface area contributed by atoms with Crippen LogP contribution in [-0.4, -0.2) is 234 Å². The number of benzene rings is 1. The molecule has 2 aromatic rings. The predicted octanol–water partition coefficient (Wildman–Crippen LogP) is -3.84. The Balaban J connectivity index is 2.07. The molecule has 2 rings (SSSR count). The van der Waals surface area contributed by atoms with Gasteiger partial charge in [0.15, 0.2) is 5.78 Å². The number of nitrogens with zero attached hydrogens (tertiary/aromatic N) is 7. The predicted molar refractivity (Wildman–Crippen MR) is 308 cm³/mol. The van der Waals surface area contributed by atoms with Crippen LogP contribution in [0.1, 0.15) is 69.9 Å². The molecule has 1 aromatic carbocycles. The summed E-state index contributed by atoms with van der Waals surface area (Å²) in [6.07, 6.45) is 5.25. The van der Waals surface area contributed by atoms with Crippen LogP contribution in [0, 0.1) is 5.92 Å². The molecule has 30 heteroatoms. The van der Waals surface area contributed by atoms with Crippen molar-refractivity contribution in [1.29, 1.82) is 0 Å². The maximum Gasteiger partial charge on any atom is 0.243 e. The smallest absolute Gasteiger partial charge is 0.243 e. The number of aromatic amines is 1. The lowest BCUT2D eigenvalue weighted by Gasteiger charge is -2.31. The molecule has 1 unspecified atom stereocenters. The number of ketones is 3. The van der Waals surface area contributed by atoms with Crippen LogP contribution in [-0.2, 0) is 70.5 Å². The normalized spacial score (nSPS) is 11.3. The Morgan fingerprint density at radius 3 is 1.43 bits per heavy atom. The summed E-state index contributed by atoms with van der Waals surface area (Å²) in [6.45, 7) is -2.50. The number of nitrogens with one attached hydrogen (secondary N) is 3. The van der Waals surface area contributed by atoms with Gasteiger partial charge >= 0.3 is 0 Å². The number of rotatable bonds is 43. The molecule has 0 radical (unpaired) electrons. The number of methoxy groups -OCH3 is 1. The van der Waals surface area contributed by atoms with E-state index in [2.05, 4.69) is 15.6 Å². The van der Waals surface area contributed by atoms with Crippen LogP contribution in [0.3, 0.4) is 0 Å². The van der Waals surface area contributed by atoms with Crippen molar-refractivity contribution in [2.24, 2.45) is 40.3 Å². The number of hydrogen-bond donors (Lipinski definition) is 9. The quantitative estimate of drug-likeness (QED) is 0.0227. The molecule has 0 saturated heterocycles. The standard InChI is InChI=1S/C53H86N16O13S/c1-37(2)23-63(26-49(77)65(32-54)25-42(72)10-9-40(70)7-8-41(71)11-14-45(73)62-44(53(59)81)17-20-83-4)47(75)28-67(34-56)52(80)31-69(36-58)50(78)27-64(24-39-5-12-43(82-3)13-6-39)48(76)29-68(35-57)51(79)30-66(33-55)46(74)22-61-19-16-38-15-18-60-21-38/h5-6,12-13,15,18,21,37,44,60-61H,7-11,14,16-17,19-20,22-36,54-58H2,1-4H3,(H2,59,81)(H,62,73). The number of amides is 9. The molecule has 1 aromatic heterocycles. The average molecular weight is 1190 g/mol. The summed E-state index contributed by atoms with van der Waals surface area (Å²) in [4.78, 5) is 168. The van der Waals surface area contributed by atoms with Crippen molar-refractivity contribution >= 4 is 82.3 Å². The molecule has 15 N–H and O–H groups in total. The van der Waals surface area contributed by atoms with Crippen LogP contribution in [0.5, 0.6) is 5.75 Å². The van der Waals surface area contributed by atoms with Gasteiger partial charge in [0.2, 0.25) is 53.2 Å². The maximum atomic E-state index is 14.1. The van der Waals surface area contributed by atoms with Crippen molar-refractivity contribution in [3.05, 3.63) is 53.9 Å². The third-order valence-corrected chi connectivity index (χ3v) is 13.5. The minimum absolute atomic E-state index is 0.0303. The van der Waals surface area contributed by atoms with Crippen molar-refractivity contribution in [3.8, 4) is 5.75 Å². The van der Waals surface area contributed by atoms with Crippen molar-refractivity contribution in [3.63, 3.8) is 0 Å². The van der Waals surface area contributed by atoms with E-state index in [1.54, 1.807) is 44.3 Å². The van der Waals surface area contributed by atoms with E-state index in [1.807, 2.05) is 18.5 Å². The Kier molecular flexibility index (Phi) is 33.9. The highest BCUT2D eigenvalue weighted by molar-refractivity contribution is 7.98. The lowest BCUT2D eigenvalue weighted by atomic mass is 10.0. The van der Waals surface area contributed by atoms with E-state index in [0.29, 0.717) is 36.5 Å². The fraction of sp³-hybridized carbons (Fsp3) is 0.585. The van der Waals surface area contributed by atoms with Gasteiger partial charge in [-0.15, -0.1) is 0 Å². The van der Waals surface area contributed by atoms with E-state index < -0.39 is 143 Å². The van der Waals surface area contributed by atoms with Gasteiger partial charge < -0.3 is 89.1 Å². The average Bonchev–Trinajstić information content (AvgIpc) is 4.03. The second-order valence-corrected chi connectivity index (χ2v) is 20.7. The summed E-state index contributed by atoms with van der Waals surface area (Å²) >= 11 is 1.48. The minimum Gasteiger partial charge on any atom is -0.497 e. The second kappa shape index (κ2) is 39.2. The first-order valence-electron chi connectivity index (χ1n) is 27.1. The van der Waals surface area contributed by atoms with E-state index in [9.17, 15) is 57.5 Å². The van der Waals surface area contributed by atoms with E-state index in [4.69, 9.17) is 39.1 Å². The third kappa shape index (κ3) is 27.5. The molecule has 0 aliphatic carbocycles. The highest BCUT2D eigenvalue weighted by atomic mass is 32.2. The van der Waals surface area contributed by atoms with E-state index >= 15 is 0 Å². The van der Waals surface area contributed by atoms with Gasteiger partial charge in [0.25, 0.3) is 0 Å². The van der Waals surface area contributed by atoms with Crippen LogP contribution < -0.4 is 49.8 Å². The molecule has 0 aliphatic heterocycles. The molecule has 0 spiro atoms. The van der Waals surface area contributed by atoms with Gasteiger partial charge in [-0.1, -0.05) is 26.0 Å². The summed E-state index contributed by atoms with van der Waals surface area (Å²) in [5.41, 5.74) is 36.5. The Hall–Kier alpha value is -7.35. The highest BCUT2D eigenvalue weighted by Gasteiger charge is 2.30. The molecule has 0 bridgehead atoms. The Bertz CT molecular complexity index is 2450. The van der Waals surface area contributed by atoms with Gasteiger partial charge in [-0.3, -0.25) is 57.5 Å². The number of aromatic nitrogens is 1. The Morgan fingerprint density at radius 1 is 0.554 bits per heavy atom. The summed E-state index contributed by atoms with van der Waals surface area (Å²) in [5.74, 6) is -6.49. The van der Waals surface area contributed by atoms with Crippen molar-refractivity contribution in [2.45, 2.75) is 77.8 Å². The molecular weight excluding hydrogens is 1100 g/mol. The van der Waals surface area contributed by atoms with Crippen molar-refractivity contribution in [1.82, 2.24) is 49.9 Å². The zero-order chi connectivity index (χ0) is 62.0. The zero-order valence-electron chi connectivity index (χ0n) is 48.2. The van der Waals surface area contributed by atoms with Crippen LogP contribution in [0.4, 0.5) is 0 Å². The second-order valence-electron chi connectivity index (χ2n) is 19.7. The Labute approximate surface area is 488 Å². The highest BCUT2D eigenvalue weighted by Crippen LogP contribution is 2.15. The molecule has 462 valence electrons. The number of Topliss-reactive ketones (excluding diaryl/α,β-unsaturated/α-hetero) is 3. The number of thioether (sulfide) groups is 1. The number of nitrogens with two attached hydrogens (primary N) is 6. The largest absolute Gasteiger partial charge is 0.497 e. The van der Waals surface area contributed by atoms with Crippen LogP contribution >= 0.6 is 11.8 Å². The topological polar surface area (TPSA) is 433 Å². The SMILES string of the molecule is COc1ccc(CN(CC(=O)N(CN)CC(=O)N(CN)CC(=O)N(CC(=O)N(CN)CC(=O)CCC(=O)CCC(=O)CCC(=O)NC(CCSC)C(N)=O)CC(C)C)C(=O)CN(CN)C(=O)CN(CN)C(=O)CNCCc2cc[nH]c2)cc1. The van der Waals surface area contributed by atoms with E-state index in [-0.39, 0.29) is 76.5 Å². The van der Waals surface area contributed by atoms with Crippen molar-refractivity contribution < 1.29 is 62.3 Å². The number of ether oxygens (including phenoxy) is 1. The summed E-state index contributed by atoms with van der Waals surface area (Å²) < 4.78 is 5.25. The lowest BCUT2D eigenvalue weighted by Crippen LogP contribution is -2.54. The molecular formula is C53H86N16O13S. The Morgan fingerprint density at radius 2 is 0.988 bits per heavy atom. The molecule has 0 fully saturated rings. The summed E-state index contributed by atoms with van der Waals surface area (Å²) in [5, 5.41) is 5.53. The monoisotopic (exact) mass is 1190 g/mol. The molecule has 0 saturated carbocycles. The molecule has 83 heavy (non-hydrogen) atoms. The number of primary amides is 1. The first-order valence-corrected chi connectivity index (χ1v) is 28.4. The van der Waals surface area contributed by atoms with Gasteiger partial charge in [0.05, 0.1) is 60.1 Å². The zero-order valence-corrected chi connectivity index (χ0v) is 49.0. The van der Waals surface area contributed by atoms with Gasteiger partial charge in [0.1, 0.15) is 56.1 Å². The summed E-state index contributed by atoms with van der Waals surface area (Å²) in [6, 6.07) is 7.64. The van der Waals surface area contributed by atoms with E-state index in [1.165, 1.54) is 23.8 Å². The molecule has 1 atom stereocenters. The lowest BCUT2D eigenvalue weighted by molar-refractivity contribution is -0.148. The molecule has 1 heterocycles. The maximum absolute atomic E-state index is 14.1. The fourth-order valence-corrected chi connectivity index (χ4v) is 8.40. The van der Waals surface area contributed by atoms with Gasteiger partial charge in [-0.25, -0.2) is 0 Å². The molecule has 9 amide bonds. The first kappa shape index (κ1) is 71.8. The van der Waals surface area contributed by atoms with Gasteiger partial charge in [-0.05, 0) is 66.6 Å². The number of carbonyl (C=O) groups is 12. The van der Waals surface area contributed by atoms with Crippen LogP contribution in [0.2, 0.25) is 0 Å². The van der Waals surface area contributed by atoms with Crippen LogP contribution in [0.15, 0.2) is 42.7 Å². The van der Waals surface area contributed by atoms with Crippen LogP contribution in [0.25, 0.3) is 0 Å². The minimum atomic E-state index is -0.862. The van der Waals surface area contributed by atoms with Gasteiger partial charge in [-0.2, -0.15) is 11.8 Å². The number of carbonyl (C=O) groups excluding carboxylic acids is 12. The third-order valence-electron chi connectivity index (χ3n) is 12.8. The van der Waals surface area contributed by atoms with Gasteiger partial charge in [0, 0.05) is 64.0 Å².